The Morgan fingerprint density at radius 2 is 2.00 bits per heavy atom. The molecule has 0 aromatic carbocycles. The van der Waals surface area contributed by atoms with Crippen LogP contribution in [0.4, 0.5) is 0 Å². The molecule has 0 aromatic heterocycles. The summed E-state index contributed by atoms with van der Waals surface area (Å²) in [6.45, 7) is 5.21. The second-order valence-electron chi connectivity index (χ2n) is 4.81. The number of rotatable bonds is 5. The molecule has 0 aromatic rings. The Kier molecular flexibility index (Phi) is 4.93. The number of aliphatic carboxylic acids is 1. The fraction of sp³-hybridized carbons (Fsp3) is 0.833. The van der Waals surface area contributed by atoms with Crippen LogP contribution in [0, 0.1) is 5.41 Å². The Morgan fingerprint density at radius 1 is 1.41 bits per heavy atom. The molecule has 1 amide bonds. The van der Waals surface area contributed by atoms with E-state index in [1.807, 2.05) is 0 Å². The van der Waals surface area contributed by atoms with Gasteiger partial charge in [0.2, 0.25) is 5.91 Å². The number of carboxylic acid groups (broad SMARTS) is 1. The molecular formula is C12H22N2O3. The van der Waals surface area contributed by atoms with Crippen LogP contribution in [0.1, 0.15) is 39.5 Å². The van der Waals surface area contributed by atoms with Crippen molar-refractivity contribution in [2.24, 2.45) is 5.41 Å². The van der Waals surface area contributed by atoms with Crippen LogP contribution in [0.5, 0.6) is 0 Å². The smallest absolute Gasteiger partial charge is 0.325 e. The van der Waals surface area contributed by atoms with Gasteiger partial charge in [-0.3, -0.25) is 9.59 Å². The highest BCUT2D eigenvalue weighted by molar-refractivity contribution is 5.87. The summed E-state index contributed by atoms with van der Waals surface area (Å²) in [4.78, 5) is 23.0. The largest absolute Gasteiger partial charge is 0.480 e. The predicted molar refractivity (Wildman–Crippen MR) is 64.7 cm³/mol. The summed E-state index contributed by atoms with van der Waals surface area (Å²) in [5.74, 6) is -1.09. The lowest BCUT2D eigenvalue weighted by Crippen LogP contribution is -2.51. The Bertz CT molecular complexity index is 280. The van der Waals surface area contributed by atoms with Crippen molar-refractivity contribution in [3.05, 3.63) is 0 Å². The molecule has 5 nitrogen and oxygen atoms in total. The summed E-state index contributed by atoms with van der Waals surface area (Å²) in [5.41, 5.74) is -0.371. The molecule has 1 heterocycles. The van der Waals surface area contributed by atoms with Crippen molar-refractivity contribution in [3.8, 4) is 0 Å². The van der Waals surface area contributed by atoms with E-state index in [0.29, 0.717) is 0 Å². The van der Waals surface area contributed by atoms with E-state index in [4.69, 9.17) is 5.11 Å². The molecule has 0 spiro atoms. The van der Waals surface area contributed by atoms with Crippen LogP contribution in [0.15, 0.2) is 0 Å². The van der Waals surface area contributed by atoms with Crippen molar-refractivity contribution in [1.82, 2.24) is 10.6 Å². The van der Waals surface area contributed by atoms with Gasteiger partial charge in [0, 0.05) is 0 Å². The van der Waals surface area contributed by atoms with Crippen molar-refractivity contribution >= 4 is 11.9 Å². The lowest BCUT2D eigenvalue weighted by Gasteiger charge is -2.36. The van der Waals surface area contributed by atoms with Crippen LogP contribution in [0.2, 0.25) is 0 Å². The quantitative estimate of drug-likeness (QED) is 0.664. The Hall–Kier alpha value is -1.10. The topological polar surface area (TPSA) is 78.4 Å². The number of amides is 1. The monoisotopic (exact) mass is 242 g/mol. The standard InChI is InChI=1S/C12H22N2O3/c1-3-4-12(5-7-13-8-6-12)11(17)14-9(2)10(15)16/h9,13H,3-8H2,1-2H3,(H,14,17)(H,15,16). The molecule has 0 saturated carbocycles. The number of carbonyl (C=O) groups excluding carboxylic acids is 1. The van der Waals surface area contributed by atoms with Gasteiger partial charge in [-0.2, -0.15) is 0 Å². The van der Waals surface area contributed by atoms with Gasteiger partial charge in [0.05, 0.1) is 5.41 Å². The number of carboxylic acids is 1. The van der Waals surface area contributed by atoms with Gasteiger partial charge in [-0.25, -0.2) is 0 Å². The molecule has 17 heavy (non-hydrogen) atoms. The molecule has 1 atom stereocenters. The summed E-state index contributed by atoms with van der Waals surface area (Å²) in [6.07, 6.45) is 3.35. The van der Waals surface area contributed by atoms with Crippen LogP contribution in [-0.4, -0.2) is 36.1 Å². The van der Waals surface area contributed by atoms with E-state index in [1.54, 1.807) is 0 Å². The van der Waals surface area contributed by atoms with Crippen molar-refractivity contribution in [2.75, 3.05) is 13.1 Å². The third-order valence-corrected chi connectivity index (χ3v) is 3.49. The Balaban J connectivity index is 2.69. The highest BCUT2D eigenvalue weighted by Gasteiger charge is 2.39. The summed E-state index contributed by atoms with van der Waals surface area (Å²) in [5, 5.41) is 14.7. The van der Waals surface area contributed by atoms with E-state index in [2.05, 4.69) is 17.6 Å². The molecule has 98 valence electrons. The van der Waals surface area contributed by atoms with Gasteiger partial charge in [0.25, 0.3) is 0 Å². The molecule has 1 saturated heterocycles. The fourth-order valence-electron chi connectivity index (χ4n) is 2.39. The molecular weight excluding hydrogens is 220 g/mol. The van der Waals surface area contributed by atoms with Crippen molar-refractivity contribution in [2.45, 2.75) is 45.6 Å². The first-order chi connectivity index (χ1) is 8.02. The second kappa shape index (κ2) is 6.00. The molecule has 3 N–H and O–H groups in total. The fourth-order valence-corrected chi connectivity index (χ4v) is 2.39. The van der Waals surface area contributed by atoms with E-state index in [-0.39, 0.29) is 11.3 Å². The first kappa shape index (κ1) is 14.0. The van der Waals surface area contributed by atoms with Gasteiger partial charge in [-0.05, 0) is 39.3 Å². The first-order valence-electron chi connectivity index (χ1n) is 6.26. The minimum atomic E-state index is -0.987. The Morgan fingerprint density at radius 3 is 2.47 bits per heavy atom. The zero-order valence-electron chi connectivity index (χ0n) is 10.6. The maximum absolute atomic E-state index is 12.2. The lowest BCUT2D eigenvalue weighted by molar-refractivity contribution is -0.144. The van der Waals surface area contributed by atoms with Crippen LogP contribution in [0.3, 0.4) is 0 Å². The molecule has 0 aliphatic carbocycles. The van der Waals surface area contributed by atoms with Crippen LogP contribution in [0.25, 0.3) is 0 Å². The summed E-state index contributed by atoms with van der Waals surface area (Å²) in [6, 6.07) is -0.814. The van der Waals surface area contributed by atoms with Gasteiger partial charge in [-0.15, -0.1) is 0 Å². The predicted octanol–water partition coefficient (Wildman–Crippen LogP) is 0.746. The molecule has 1 rings (SSSR count). The highest BCUT2D eigenvalue weighted by Crippen LogP contribution is 2.34. The van der Waals surface area contributed by atoms with Crippen LogP contribution in [-0.2, 0) is 9.59 Å². The zero-order chi connectivity index (χ0) is 12.9. The Labute approximate surface area is 102 Å². The van der Waals surface area contributed by atoms with Gasteiger partial charge in [0.15, 0.2) is 0 Å². The molecule has 1 fully saturated rings. The van der Waals surface area contributed by atoms with Gasteiger partial charge < -0.3 is 15.7 Å². The second-order valence-corrected chi connectivity index (χ2v) is 4.81. The van der Waals surface area contributed by atoms with E-state index in [1.165, 1.54) is 6.92 Å². The van der Waals surface area contributed by atoms with E-state index >= 15 is 0 Å². The van der Waals surface area contributed by atoms with Crippen molar-refractivity contribution in [3.63, 3.8) is 0 Å². The lowest BCUT2D eigenvalue weighted by atomic mass is 9.74. The molecule has 0 radical (unpaired) electrons. The van der Waals surface area contributed by atoms with E-state index in [0.717, 1.165) is 38.8 Å². The minimum Gasteiger partial charge on any atom is -0.480 e. The SMILES string of the molecule is CCCC1(C(=O)NC(C)C(=O)O)CCNCC1. The minimum absolute atomic E-state index is 0.101. The van der Waals surface area contributed by atoms with Crippen LogP contribution < -0.4 is 10.6 Å². The summed E-state index contributed by atoms with van der Waals surface area (Å²) in [7, 11) is 0. The third kappa shape index (κ3) is 3.43. The number of carbonyl (C=O) groups is 2. The third-order valence-electron chi connectivity index (χ3n) is 3.49. The maximum atomic E-state index is 12.2. The molecule has 0 bridgehead atoms. The molecule has 1 aliphatic heterocycles. The van der Waals surface area contributed by atoms with Crippen molar-refractivity contribution in [1.29, 1.82) is 0 Å². The van der Waals surface area contributed by atoms with Gasteiger partial charge in [-0.1, -0.05) is 13.3 Å². The summed E-state index contributed by atoms with van der Waals surface area (Å²) < 4.78 is 0. The number of hydrogen-bond donors (Lipinski definition) is 3. The van der Waals surface area contributed by atoms with Gasteiger partial charge in [0.1, 0.15) is 6.04 Å². The average Bonchev–Trinajstić information content (AvgIpc) is 2.30. The molecule has 1 aliphatic rings. The maximum Gasteiger partial charge on any atom is 0.325 e. The van der Waals surface area contributed by atoms with E-state index < -0.39 is 12.0 Å². The number of piperidine rings is 1. The molecule has 1 unspecified atom stereocenters. The summed E-state index contributed by atoms with van der Waals surface area (Å²) >= 11 is 0. The number of hydrogen-bond acceptors (Lipinski definition) is 3. The normalized spacial score (nSPS) is 20.6. The zero-order valence-corrected chi connectivity index (χ0v) is 10.6. The number of nitrogens with one attached hydrogen (secondary N) is 2. The first-order valence-corrected chi connectivity index (χ1v) is 6.26. The average molecular weight is 242 g/mol. The van der Waals surface area contributed by atoms with Gasteiger partial charge >= 0.3 is 5.97 Å². The van der Waals surface area contributed by atoms with Crippen LogP contribution >= 0.6 is 0 Å². The van der Waals surface area contributed by atoms with Crippen molar-refractivity contribution < 1.29 is 14.7 Å². The highest BCUT2D eigenvalue weighted by atomic mass is 16.4. The van der Waals surface area contributed by atoms with E-state index in [9.17, 15) is 9.59 Å². The molecule has 5 heteroatoms.